The van der Waals surface area contributed by atoms with Crippen molar-refractivity contribution in [2.45, 2.75) is 32.0 Å². The van der Waals surface area contributed by atoms with Crippen molar-refractivity contribution in [2.75, 3.05) is 18.0 Å². The Bertz CT molecular complexity index is 1560. The molecule has 0 radical (unpaired) electrons. The molecule has 7 nitrogen and oxygen atoms in total. The molecule has 0 saturated carbocycles. The van der Waals surface area contributed by atoms with Gasteiger partial charge in [-0.3, -0.25) is 9.69 Å². The minimum Gasteiger partial charge on any atom is -0.364 e. The van der Waals surface area contributed by atoms with Gasteiger partial charge in [0.1, 0.15) is 23.1 Å². The molecule has 0 spiro atoms. The van der Waals surface area contributed by atoms with E-state index >= 15 is 0 Å². The first-order valence-electron chi connectivity index (χ1n) is 12.1. The monoisotopic (exact) mass is 500 g/mol. The van der Waals surface area contributed by atoms with E-state index in [4.69, 9.17) is 0 Å². The smallest absolute Gasteiger partial charge is 0.252 e. The van der Waals surface area contributed by atoms with Crippen LogP contribution in [0.15, 0.2) is 65.5 Å². The molecular weight excluding hydrogens is 474 g/mol. The first-order chi connectivity index (χ1) is 17.8. The van der Waals surface area contributed by atoms with Crippen LogP contribution in [0.3, 0.4) is 0 Å². The number of anilines is 1. The quantitative estimate of drug-likeness (QED) is 0.392. The zero-order valence-electron chi connectivity index (χ0n) is 20.8. The van der Waals surface area contributed by atoms with E-state index in [2.05, 4.69) is 39.7 Å². The molecule has 188 valence electrons. The van der Waals surface area contributed by atoms with Crippen molar-refractivity contribution in [2.24, 2.45) is 7.05 Å². The van der Waals surface area contributed by atoms with Gasteiger partial charge in [0.15, 0.2) is 0 Å². The molecule has 37 heavy (non-hydrogen) atoms. The van der Waals surface area contributed by atoms with E-state index in [0.717, 1.165) is 5.56 Å². The number of pyridine rings is 3. The fourth-order valence-electron chi connectivity index (χ4n) is 5.20. The topological polar surface area (TPSA) is 78.0 Å². The number of fused-ring (bicyclic) bond motifs is 1. The minimum atomic E-state index is -0.574. The molecule has 0 aliphatic carbocycles. The molecule has 5 rings (SSSR count). The minimum absolute atomic E-state index is 0.0467. The van der Waals surface area contributed by atoms with Gasteiger partial charge in [0.25, 0.3) is 5.56 Å². The maximum absolute atomic E-state index is 14.2. The zero-order chi connectivity index (χ0) is 26.3. The average molecular weight is 501 g/mol. The molecule has 9 heteroatoms. The lowest BCUT2D eigenvalue weighted by Gasteiger charge is -2.48. The third-order valence-corrected chi connectivity index (χ3v) is 7.06. The Morgan fingerprint density at radius 2 is 1.76 bits per heavy atom. The third-order valence-electron chi connectivity index (χ3n) is 7.06. The summed E-state index contributed by atoms with van der Waals surface area (Å²) in [7, 11) is 1.69. The summed E-state index contributed by atoms with van der Waals surface area (Å²) in [4.78, 5) is 25.9. The van der Waals surface area contributed by atoms with Gasteiger partial charge in [0.05, 0.1) is 22.9 Å². The van der Waals surface area contributed by atoms with Crippen molar-refractivity contribution < 1.29 is 8.78 Å². The van der Waals surface area contributed by atoms with Crippen LogP contribution in [0.2, 0.25) is 0 Å². The van der Waals surface area contributed by atoms with Gasteiger partial charge in [0.2, 0.25) is 5.95 Å². The Morgan fingerprint density at radius 1 is 1.00 bits per heavy atom. The summed E-state index contributed by atoms with van der Waals surface area (Å²) < 4.78 is 29.4. The van der Waals surface area contributed by atoms with Crippen molar-refractivity contribution in [1.29, 1.82) is 5.26 Å². The van der Waals surface area contributed by atoms with E-state index in [9.17, 15) is 18.8 Å². The number of hydrogen-bond donors (Lipinski definition) is 0. The van der Waals surface area contributed by atoms with Crippen LogP contribution in [0.5, 0.6) is 0 Å². The summed E-state index contributed by atoms with van der Waals surface area (Å²) >= 11 is 0. The van der Waals surface area contributed by atoms with Crippen LogP contribution in [0.1, 0.15) is 36.8 Å². The number of halogens is 2. The van der Waals surface area contributed by atoms with E-state index in [1.165, 1.54) is 22.8 Å². The molecule has 1 aromatic carbocycles. The number of benzene rings is 1. The molecule has 1 aliphatic heterocycles. The summed E-state index contributed by atoms with van der Waals surface area (Å²) in [5.41, 5.74) is 3.39. The molecular formula is C28H26F2N6O. The summed E-state index contributed by atoms with van der Waals surface area (Å²) in [6.45, 7) is 5.23. The fraction of sp³-hybridized carbons (Fsp3) is 0.286. The zero-order valence-corrected chi connectivity index (χ0v) is 20.8. The molecule has 1 fully saturated rings. The van der Waals surface area contributed by atoms with E-state index < -0.39 is 5.95 Å². The Morgan fingerprint density at radius 3 is 2.46 bits per heavy atom. The second-order valence-corrected chi connectivity index (χ2v) is 9.49. The maximum Gasteiger partial charge on any atom is 0.252 e. The van der Waals surface area contributed by atoms with Crippen LogP contribution in [0, 0.1) is 23.1 Å². The highest BCUT2D eigenvalue weighted by Gasteiger charge is 2.36. The van der Waals surface area contributed by atoms with Gasteiger partial charge in [-0.1, -0.05) is 18.2 Å². The van der Waals surface area contributed by atoms with E-state index in [0.29, 0.717) is 35.5 Å². The van der Waals surface area contributed by atoms with Crippen LogP contribution < -0.4 is 10.5 Å². The van der Waals surface area contributed by atoms with Gasteiger partial charge >= 0.3 is 0 Å². The average Bonchev–Trinajstić information content (AvgIpc) is 2.89. The molecule has 4 heterocycles. The lowest BCUT2D eigenvalue weighted by molar-refractivity contribution is 0.127. The predicted octanol–water partition coefficient (Wildman–Crippen LogP) is 4.17. The number of nitrogens with zero attached hydrogens (tertiary/aromatic N) is 6. The van der Waals surface area contributed by atoms with Gasteiger partial charge in [-0.15, -0.1) is 0 Å². The highest BCUT2D eigenvalue weighted by molar-refractivity contribution is 5.89. The van der Waals surface area contributed by atoms with Crippen LogP contribution >= 0.6 is 0 Å². The second-order valence-electron chi connectivity index (χ2n) is 9.49. The number of aromatic nitrogens is 3. The number of aryl methyl sites for hydroxylation is 1. The largest absolute Gasteiger partial charge is 0.364 e. The van der Waals surface area contributed by atoms with Crippen molar-refractivity contribution in [3.8, 4) is 6.07 Å². The first-order valence-corrected chi connectivity index (χ1v) is 12.1. The van der Waals surface area contributed by atoms with Crippen LogP contribution in [0.4, 0.5) is 14.5 Å². The molecule has 1 aliphatic rings. The summed E-state index contributed by atoms with van der Waals surface area (Å²) in [6, 6.07) is 17.4. The van der Waals surface area contributed by atoms with Crippen LogP contribution in [-0.2, 0) is 7.05 Å². The van der Waals surface area contributed by atoms with Gasteiger partial charge in [-0.2, -0.15) is 9.65 Å². The van der Waals surface area contributed by atoms with Gasteiger partial charge in [0, 0.05) is 38.3 Å². The van der Waals surface area contributed by atoms with E-state index in [-0.39, 0.29) is 35.2 Å². The van der Waals surface area contributed by atoms with Crippen molar-refractivity contribution in [3.05, 3.63) is 99.7 Å². The predicted molar refractivity (Wildman–Crippen MR) is 137 cm³/mol. The van der Waals surface area contributed by atoms with E-state index in [1.54, 1.807) is 49.5 Å². The molecule has 2 unspecified atom stereocenters. The molecule has 0 bridgehead atoms. The maximum atomic E-state index is 14.2. The number of piperazine rings is 1. The van der Waals surface area contributed by atoms with Gasteiger partial charge < -0.3 is 9.47 Å². The van der Waals surface area contributed by atoms with E-state index in [1.807, 2.05) is 0 Å². The first kappa shape index (κ1) is 24.5. The molecule has 3 atom stereocenters. The normalized spacial score (nSPS) is 19.1. The van der Waals surface area contributed by atoms with Crippen molar-refractivity contribution in [1.82, 2.24) is 19.4 Å². The molecule has 3 aromatic heterocycles. The van der Waals surface area contributed by atoms with Gasteiger partial charge in [-0.05, 0) is 55.8 Å². The Hall–Kier alpha value is -4.16. The van der Waals surface area contributed by atoms with Gasteiger partial charge in [-0.25, -0.2) is 14.4 Å². The standard InChI is InChI=1S/C28H26F2N6O/c1-17-16-36(28(19-7-9-20(29)10-8-19)22-5-4-6-25(30)33-22)18(2)15-35(17)24-13-26(37)34(3)23-12-11-21(14-31)32-27(23)24/h4-13,17-18,28H,15-16H2,1-3H3/t17-,18?,28?/m0/s1. The Labute approximate surface area is 213 Å². The number of rotatable bonds is 4. The van der Waals surface area contributed by atoms with Crippen molar-refractivity contribution >= 4 is 16.7 Å². The summed E-state index contributed by atoms with van der Waals surface area (Å²) in [5, 5.41) is 9.41. The summed E-state index contributed by atoms with van der Waals surface area (Å²) in [5.74, 6) is -0.919. The lowest BCUT2D eigenvalue weighted by Crippen LogP contribution is -2.57. The van der Waals surface area contributed by atoms with Crippen molar-refractivity contribution in [3.63, 3.8) is 0 Å². The molecule has 0 amide bonds. The molecule has 1 saturated heterocycles. The highest BCUT2D eigenvalue weighted by atomic mass is 19.1. The number of hydrogen-bond acceptors (Lipinski definition) is 6. The summed E-state index contributed by atoms with van der Waals surface area (Å²) in [6.07, 6.45) is 0. The number of nitriles is 1. The molecule has 4 aromatic rings. The lowest BCUT2D eigenvalue weighted by atomic mass is 9.96. The van der Waals surface area contributed by atoms with Crippen LogP contribution in [0.25, 0.3) is 11.0 Å². The molecule has 0 N–H and O–H groups in total. The SMILES string of the molecule is CC1CN(c2cc(=O)n(C)c3ccc(C#N)nc23)[C@@H](C)CN1C(c1ccc(F)cc1)c1cccc(F)n1. The highest BCUT2D eigenvalue weighted by Crippen LogP contribution is 2.35. The van der Waals surface area contributed by atoms with Crippen LogP contribution in [-0.4, -0.2) is 44.6 Å². The third kappa shape index (κ3) is 4.56. The second kappa shape index (κ2) is 9.71. The fourth-order valence-corrected chi connectivity index (χ4v) is 5.20. The Kier molecular flexibility index (Phi) is 6.44. The Balaban J connectivity index is 1.56.